The number of fused-ring (bicyclic) bond motifs is 2. The van der Waals surface area contributed by atoms with Gasteiger partial charge in [0.05, 0.1) is 11.1 Å². The van der Waals surface area contributed by atoms with E-state index >= 15 is 0 Å². The minimum absolute atomic E-state index is 0.170. The molecule has 1 aliphatic rings. The van der Waals surface area contributed by atoms with Crippen LogP contribution in [0.1, 0.15) is 27.8 Å². The fourth-order valence-corrected chi connectivity index (χ4v) is 5.36. The molecule has 0 aliphatic heterocycles. The van der Waals surface area contributed by atoms with Crippen molar-refractivity contribution in [3.8, 4) is 16.9 Å². The Kier molecular flexibility index (Phi) is 6.44. The van der Waals surface area contributed by atoms with Crippen LogP contribution in [-0.2, 0) is 22.7 Å². The Morgan fingerprint density at radius 1 is 0.595 bits per heavy atom. The molecule has 2 nitrogen and oxygen atoms in total. The number of halogens is 6. The lowest BCUT2D eigenvalue weighted by Crippen LogP contribution is -2.44. The number of alkyl halides is 6. The summed E-state index contributed by atoms with van der Waals surface area (Å²) in [5.74, 6) is -0.348. The zero-order chi connectivity index (χ0) is 29.7. The monoisotopic (exact) mass is 574 g/mol. The molecule has 0 N–H and O–H groups in total. The fraction of sp³-hybridized carbons (Fsp3) is 0.0882. The quantitative estimate of drug-likeness (QED) is 0.200. The van der Waals surface area contributed by atoms with E-state index in [-0.39, 0.29) is 11.3 Å². The molecule has 0 aromatic heterocycles. The molecule has 42 heavy (non-hydrogen) atoms. The third-order valence-electron chi connectivity index (χ3n) is 7.37. The fourth-order valence-electron chi connectivity index (χ4n) is 5.36. The minimum Gasteiger partial charge on any atom is -0.469 e. The second kappa shape index (κ2) is 9.91. The van der Waals surface area contributed by atoms with Gasteiger partial charge in [0.15, 0.2) is 0 Å². The van der Waals surface area contributed by atoms with E-state index in [0.717, 1.165) is 29.7 Å². The molecule has 0 radical (unpaired) electrons. The van der Waals surface area contributed by atoms with Gasteiger partial charge in [-0.15, -0.1) is 0 Å². The van der Waals surface area contributed by atoms with Gasteiger partial charge in [0.25, 0.3) is 0 Å². The Morgan fingerprint density at radius 3 is 1.86 bits per heavy atom. The highest BCUT2D eigenvalue weighted by Crippen LogP contribution is 2.46. The van der Waals surface area contributed by atoms with Crippen molar-refractivity contribution >= 4 is 22.6 Å². The first-order valence-corrected chi connectivity index (χ1v) is 12.9. The van der Waals surface area contributed by atoms with Crippen LogP contribution in [0.3, 0.4) is 0 Å². The molecule has 5 aromatic carbocycles. The average Bonchev–Trinajstić information content (AvgIpc) is 2.98. The van der Waals surface area contributed by atoms with Crippen molar-refractivity contribution in [3.05, 3.63) is 143 Å². The maximum absolute atomic E-state index is 13.9. The summed E-state index contributed by atoms with van der Waals surface area (Å²) in [7, 11) is 0. The summed E-state index contributed by atoms with van der Waals surface area (Å²) >= 11 is 0. The molecule has 5 aromatic rings. The van der Waals surface area contributed by atoms with Gasteiger partial charge < -0.3 is 4.74 Å². The summed E-state index contributed by atoms with van der Waals surface area (Å²) in [6.45, 7) is 0. The van der Waals surface area contributed by atoms with Gasteiger partial charge in [0, 0.05) is 16.7 Å². The molecule has 1 aliphatic carbocycles. The maximum Gasteiger partial charge on any atom is 0.416 e. The van der Waals surface area contributed by atoms with Gasteiger partial charge in [-0.25, -0.2) is 0 Å². The summed E-state index contributed by atoms with van der Waals surface area (Å²) in [5.41, 5.74) is -1.52. The molecule has 8 heteroatoms. The highest BCUT2D eigenvalue weighted by atomic mass is 19.4. The second-order valence-electron chi connectivity index (χ2n) is 9.88. The highest BCUT2D eigenvalue weighted by Gasteiger charge is 2.47. The van der Waals surface area contributed by atoms with E-state index < -0.39 is 34.9 Å². The normalized spacial score (nSPS) is 16.9. The third kappa shape index (κ3) is 4.62. The van der Waals surface area contributed by atoms with Crippen LogP contribution in [0.25, 0.3) is 28.0 Å². The van der Waals surface area contributed by atoms with Crippen LogP contribution in [0.15, 0.2) is 115 Å². The smallest absolute Gasteiger partial charge is 0.416 e. The number of rotatable bonds is 4. The molecule has 210 valence electrons. The Hall–Kier alpha value is -4.85. The zero-order valence-electron chi connectivity index (χ0n) is 21.6. The van der Waals surface area contributed by atoms with Crippen molar-refractivity contribution in [2.75, 3.05) is 0 Å². The van der Waals surface area contributed by atoms with Crippen LogP contribution in [0.5, 0.6) is 5.75 Å². The molecule has 1 atom stereocenters. The third-order valence-corrected chi connectivity index (χ3v) is 7.37. The molecule has 0 fully saturated rings. The summed E-state index contributed by atoms with van der Waals surface area (Å²) in [6, 6.07) is 26.3. The van der Waals surface area contributed by atoms with Gasteiger partial charge in [-0.1, -0.05) is 84.9 Å². The van der Waals surface area contributed by atoms with Gasteiger partial charge in [-0.05, 0) is 58.3 Å². The topological polar surface area (TPSA) is 26.3 Å². The van der Waals surface area contributed by atoms with E-state index in [9.17, 15) is 31.1 Å². The van der Waals surface area contributed by atoms with Crippen molar-refractivity contribution in [2.45, 2.75) is 18.0 Å². The molecule has 0 bridgehead atoms. The van der Waals surface area contributed by atoms with Crippen molar-refractivity contribution in [1.29, 1.82) is 0 Å². The van der Waals surface area contributed by atoms with E-state index in [1.165, 1.54) is 30.3 Å². The second-order valence-corrected chi connectivity index (χ2v) is 9.88. The van der Waals surface area contributed by atoms with Gasteiger partial charge in [-0.2, -0.15) is 26.3 Å². The number of carbonyl (C=O) groups excluding carboxylic acids is 1. The van der Waals surface area contributed by atoms with Crippen molar-refractivity contribution in [1.82, 2.24) is 0 Å². The first kappa shape index (κ1) is 27.3. The molecular formula is C34H20F6O2. The number of ether oxygens (including phenoxy) is 1. The summed E-state index contributed by atoms with van der Waals surface area (Å²) < 4.78 is 87.0. The molecule has 0 saturated heterocycles. The predicted octanol–water partition coefficient (Wildman–Crippen LogP) is 9.46. The maximum atomic E-state index is 13.9. The van der Waals surface area contributed by atoms with Crippen LogP contribution < -0.4 is 4.74 Å². The molecule has 0 saturated carbocycles. The molecule has 0 heterocycles. The van der Waals surface area contributed by atoms with Crippen molar-refractivity contribution < 1.29 is 35.9 Å². The van der Waals surface area contributed by atoms with Crippen molar-refractivity contribution in [3.63, 3.8) is 0 Å². The van der Waals surface area contributed by atoms with Crippen LogP contribution >= 0.6 is 0 Å². The molecule has 1 unspecified atom stereocenters. The number of hydrogen-bond donors (Lipinski definition) is 0. The number of hydrogen-bond acceptors (Lipinski definition) is 2. The number of benzene rings is 5. The Labute approximate surface area is 236 Å². The van der Waals surface area contributed by atoms with E-state index in [1.54, 1.807) is 54.6 Å². The molecule has 6 rings (SSSR count). The highest BCUT2D eigenvalue weighted by molar-refractivity contribution is 6.07. The molecular weight excluding hydrogens is 554 g/mol. The number of carbonyl (C=O) groups is 1. The van der Waals surface area contributed by atoms with Crippen LogP contribution in [-0.4, -0.2) is 5.78 Å². The lowest BCUT2D eigenvalue weighted by atomic mass is 9.76. The summed E-state index contributed by atoms with van der Waals surface area (Å²) in [4.78, 5) is 13.9. The number of ketones is 1. The Morgan fingerprint density at radius 2 is 1.19 bits per heavy atom. The summed E-state index contributed by atoms with van der Waals surface area (Å²) in [6.07, 6.45) is -6.19. The molecule has 0 amide bonds. The lowest BCUT2D eigenvalue weighted by Gasteiger charge is -2.37. The van der Waals surface area contributed by atoms with Crippen molar-refractivity contribution in [2.24, 2.45) is 0 Å². The predicted molar refractivity (Wildman–Crippen MR) is 148 cm³/mol. The van der Waals surface area contributed by atoms with Crippen LogP contribution in [0.4, 0.5) is 26.3 Å². The minimum atomic E-state index is -4.59. The summed E-state index contributed by atoms with van der Waals surface area (Å²) in [5, 5.41) is 1.43. The average molecular weight is 575 g/mol. The first-order chi connectivity index (χ1) is 20.0. The van der Waals surface area contributed by atoms with E-state index in [1.807, 2.05) is 12.1 Å². The van der Waals surface area contributed by atoms with Gasteiger partial charge in [-0.3, -0.25) is 4.79 Å². The lowest BCUT2D eigenvalue weighted by molar-refractivity contribution is -0.138. The largest absolute Gasteiger partial charge is 0.469 e. The van der Waals surface area contributed by atoms with Gasteiger partial charge >= 0.3 is 12.4 Å². The van der Waals surface area contributed by atoms with Crippen LogP contribution in [0.2, 0.25) is 0 Å². The zero-order valence-corrected chi connectivity index (χ0v) is 21.6. The first-order valence-electron chi connectivity index (χ1n) is 12.9. The van der Waals surface area contributed by atoms with Crippen LogP contribution in [0, 0.1) is 0 Å². The van der Waals surface area contributed by atoms with Gasteiger partial charge in [0.2, 0.25) is 11.4 Å². The van der Waals surface area contributed by atoms with Gasteiger partial charge in [0.1, 0.15) is 5.75 Å². The molecule has 0 spiro atoms. The van der Waals surface area contributed by atoms with E-state index in [2.05, 4.69) is 0 Å². The Bertz CT molecular complexity index is 1830. The Balaban J connectivity index is 1.60. The van der Waals surface area contributed by atoms with E-state index in [4.69, 9.17) is 4.74 Å². The van der Waals surface area contributed by atoms with E-state index in [0.29, 0.717) is 27.6 Å². The standard InChI is InChI=1S/C34H20F6O2/c35-33(36,37)25-13-9-23(10-14-25)31-27-7-3-1-5-21(27)11-19-29(31)42-32(24-15-17-26(18-16-24)34(38,39)40)28-8-4-2-6-22(28)12-20-30(32)41/h1-20H. The SMILES string of the molecule is O=C1C=Cc2ccccc2C1(Oc1ccc2ccccc2c1-c1ccc(C(F)(F)F)cc1)c1ccc(C(F)(F)F)cc1.